The summed E-state index contributed by atoms with van der Waals surface area (Å²) in [4.78, 5) is 2.84. The Morgan fingerprint density at radius 1 is 1.07 bits per heavy atom. The zero-order valence-corrected chi connectivity index (χ0v) is 7.82. The fourth-order valence-corrected chi connectivity index (χ4v) is 1.32. The van der Waals surface area contributed by atoms with Gasteiger partial charge in [0.25, 0.3) is 0 Å². The van der Waals surface area contributed by atoms with E-state index in [0.717, 1.165) is 17.0 Å². The molecular weight excluding hydrogens is 178 g/mol. The van der Waals surface area contributed by atoms with E-state index < -0.39 is 0 Å². The van der Waals surface area contributed by atoms with Gasteiger partial charge in [0.05, 0.1) is 7.11 Å². The van der Waals surface area contributed by atoms with Crippen LogP contribution in [0.15, 0.2) is 36.4 Å². The zero-order valence-electron chi connectivity index (χ0n) is 7.82. The minimum atomic E-state index is 0.177. The minimum Gasteiger partial charge on any atom is -0.497 e. The second-order valence-corrected chi connectivity index (χ2v) is 2.99. The molecule has 2 rings (SSSR count). The number of H-pyrrole nitrogens is 1. The van der Waals surface area contributed by atoms with Gasteiger partial charge >= 0.3 is 0 Å². The Kier molecular flexibility index (Phi) is 2.14. The molecular formula is C11H11NO2. The summed E-state index contributed by atoms with van der Waals surface area (Å²) >= 11 is 0. The third kappa shape index (κ3) is 1.57. The molecule has 0 aliphatic carbocycles. The standard InChI is InChI=1S/C11H11NO2/c1-14-9-4-2-8(3-5-9)10-6-7-11(13)12-10/h2-7,12-13H,1H3. The largest absolute Gasteiger partial charge is 0.497 e. The fourth-order valence-electron chi connectivity index (χ4n) is 1.32. The number of aromatic amines is 1. The van der Waals surface area contributed by atoms with Crippen molar-refractivity contribution in [2.24, 2.45) is 0 Å². The highest BCUT2D eigenvalue weighted by Crippen LogP contribution is 2.23. The first-order valence-electron chi connectivity index (χ1n) is 4.32. The summed E-state index contributed by atoms with van der Waals surface area (Å²) < 4.78 is 5.05. The van der Waals surface area contributed by atoms with Crippen LogP contribution in [-0.2, 0) is 0 Å². The van der Waals surface area contributed by atoms with Crippen molar-refractivity contribution in [2.75, 3.05) is 7.11 Å². The Labute approximate surface area is 82.0 Å². The first-order valence-corrected chi connectivity index (χ1v) is 4.32. The Hall–Kier alpha value is -1.90. The molecule has 1 aromatic heterocycles. The predicted molar refractivity (Wildman–Crippen MR) is 54.4 cm³/mol. The molecule has 0 amide bonds. The molecule has 1 heterocycles. The van der Waals surface area contributed by atoms with E-state index in [1.165, 1.54) is 0 Å². The number of benzene rings is 1. The van der Waals surface area contributed by atoms with Crippen molar-refractivity contribution in [2.45, 2.75) is 0 Å². The number of nitrogens with one attached hydrogen (secondary N) is 1. The van der Waals surface area contributed by atoms with E-state index >= 15 is 0 Å². The van der Waals surface area contributed by atoms with Gasteiger partial charge in [0.15, 0.2) is 5.88 Å². The summed E-state index contributed by atoms with van der Waals surface area (Å²) in [5.41, 5.74) is 1.91. The van der Waals surface area contributed by atoms with Crippen LogP contribution < -0.4 is 4.74 Å². The van der Waals surface area contributed by atoms with Gasteiger partial charge < -0.3 is 14.8 Å². The van der Waals surface area contributed by atoms with Gasteiger partial charge in [0.2, 0.25) is 0 Å². The molecule has 0 bridgehead atoms. The van der Waals surface area contributed by atoms with Gasteiger partial charge in [-0.1, -0.05) is 0 Å². The van der Waals surface area contributed by atoms with Crippen LogP contribution in [0.5, 0.6) is 11.6 Å². The summed E-state index contributed by atoms with van der Waals surface area (Å²) in [6.45, 7) is 0. The van der Waals surface area contributed by atoms with E-state index in [-0.39, 0.29) is 5.88 Å². The predicted octanol–water partition coefficient (Wildman–Crippen LogP) is 2.40. The normalized spacial score (nSPS) is 10.1. The van der Waals surface area contributed by atoms with Crippen molar-refractivity contribution in [3.05, 3.63) is 36.4 Å². The highest BCUT2D eigenvalue weighted by Gasteiger charge is 2.00. The maximum atomic E-state index is 9.13. The van der Waals surface area contributed by atoms with Crippen molar-refractivity contribution in [1.82, 2.24) is 4.98 Å². The molecule has 0 aliphatic rings. The molecule has 72 valence electrons. The molecule has 0 atom stereocenters. The van der Waals surface area contributed by atoms with Crippen molar-refractivity contribution in [3.8, 4) is 22.9 Å². The number of hydrogen-bond donors (Lipinski definition) is 2. The molecule has 2 aromatic rings. The average Bonchev–Trinajstić information content (AvgIpc) is 2.65. The molecule has 14 heavy (non-hydrogen) atoms. The second kappa shape index (κ2) is 3.46. The molecule has 0 saturated carbocycles. The topological polar surface area (TPSA) is 45.2 Å². The van der Waals surface area contributed by atoms with E-state index in [9.17, 15) is 0 Å². The number of ether oxygens (including phenoxy) is 1. The average molecular weight is 189 g/mol. The van der Waals surface area contributed by atoms with E-state index in [0.29, 0.717) is 0 Å². The van der Waals surface area contributed by atoms with Gasteiger partial charge in [-0.15, -0.1) is 0 Å². The van der Waals surface area contributed by atoms with Crippen LogP contribution in [0.25, 0.3) is 11.3 Å². The molecule has 0 fully saturated rings. The smallest absolute Gasteiger partial charge is 0.188 e. The Bertz CT molecular complexity index is 417. The first-order chi connectivity index (χ1) is 6.79. The number of hydrogen-bond acceptors (Lipinski definition) is 2. The lowest BCUT2D eigenvalue weighted by molar-refractivity contribution is 0.415. The van der Waals surface area contributed by atoms with E-state index in [2.05, 4.69) is 4.98 Å². The molecule has 3 nitrogen and oxygen atoms in total. The van der Waals surface area contributed by atoms with Gasteiger partial charge in [0.1, 0.15) is 5.75 Å². The van der Waals surface area contributed by atoms with Gasteiger partial charge in [0, 0.05) is 11.8 Å². The molecule has 0 saturated heterocycles. The first kappa shape index (κ1) is 8.69. The van der Waals surface area contributed by atoms with E-state index in [1.807, 2.05) is 30.3 Å². The maximum absolute atomic E-state index is 9.13. The molecule has 2 N–H and O–H groups in total. The number of methoxy groups -OCH3 is 1. The molecule has 0 spiro atoms. The Balaban J connectivity index is 2.33. The van der Waals surface area contributed by atoms with Gasteiger partial charge in [-0.25, -0.2) is 0 Å². The molecule has 0 unspecified atom stereocenters. The van der Waals surface area contributed by atoms with Crippen molar-refractivity contribution in [3.63, 3.8) is 0 Å². The molecule has 3 heteroatoms. The molecule has 1 aromatic carbocycles. The van der Waals surface area contributed by atoms with E-state index in [1.54, 1.807) is 13.2 Å². The maximum Gasteiger partial charge on any atom is 0.188 e. The molecule has 0 aliphatic heterocycles. The molecule has 0 radical (unpaired) electrons. The Morgan fingerprint density at radius 3 is 2.29 bits per heavy atom. The fraction of sp³-hybridized carbons (Fsp3) is 0.0909. The van der Waals surface area contributed by atoms with Crippen molar-refractivity contribution >= 4 is 0 Å². The van der Waals surface area contributed by atoms with Gasteiger partial charge in [-0.05, 0) is 35.9 Å². The number of rotatable bonds is 2. The van der Waals surface area contributed by atoms with Crippen LogP contribution in [0.3, 0.4) is 0 Å². The summed E-state index contributed by atoms with van der Waals surface area (Å²) in [6.07, 6.45) is 0. The lowest BCUT2D eigenvalue weighted by Gasteiger charge is -2.00. The minimum absolute atomic E-state index is 0.177. The van der Waals surface area contributed by atoms with Crippen LogP contribution in [0.2, 0.25) is 0 Å². The third-order valence-corrected chi connectivity index (χ3v) is 2.07. The van der Waals surface area contributed by atoms with Crippen molar-refractivity contribution in [1.29, 1.82) is 0 Å². The van der Waals surface area contributed by atoms with Crippen LogP contribution in [0.1, 0.15) is 0 Å². The highest BCUT2D eigenvalue weighted by molar-refractivity contribution is 5.61. The summed E-state index contributed by atoms with van der Waals surface area (Å²) in [5, 5.41) is 9.13. The van der Waals surface area contributed by atoms with Crippen LogP contribution in [0, 0.1) is 0 Å². The van der Waals surface area contributed by atoms with Crippen LogP contribution in [-0.4, -0.2) is 17.2 Å². The van der Waals surface area contributed by atoms with Crippen LogP contribution >= 0.6 is 0 Å². The van der Waals surface area contributed by atoms with Crippen molar-refractivity contribution < 1.29 is 9.84 Å². The summed E-state index contributed by atoms with van der Waals surface area (Å²) in [5.74, 6) is 1.00. The SMILES string of the molecule is COc1ccc(-c2ccc(O)[nH]2)cc1. The summed E-state index contributed by atoms with van der Waals surface area (Å²) in [6, 6.07) is 11.1. The highest BCUT2D eigenvalue weighted by atomic mass is 16.5. The third-order valence-electron chi connectivity index (χ3n) is 2.07. The Morgan fingerprint density at radius 2 is 1.79 bits per heavy atom. The number of aromatic nitrogens is 1. The lowest BCUT2D eigenvalue weighted by Crippen LogP contribution is -1.82. The van der Waals surface area contributed by atoms with Crippen LogP contribution in [0.4, 0.5) is 0 Å². The number of aromatic hydroxyl groups is 1. The van der Waals surface area contributed by atoms with Gasteiger partial charge in [-0.3, -0.25) is 0 Å². The lowest BCUT2D eigenvalue weighted by atomic mass is 10.1. The quantitative estimate of drug-likeness (QED) is 0.761. The summed E-state index contributed by atoms with van der Waals surface area (Å²) in [7, 11) is 1.63. The zero-order chi connectivity index (χ0) is 9.97. The monoisotopic (exact) mass is 189 g/mol. The second-order valence-electron chi connectivity index (χ2n) is 2.99. The van der Waals surface area contributed by atoms with E-state index in [4.69, 9.17) is 9.84 Å². The van der Waals surface area contributed by atoms with Gasteiger partial charge in [-0.2, -0.15) is 0 Å².